The SMILES string of the molecule is CC(=O)N[C@@H](CCC(N)=O)C(=O)Nc1cc(Cl)cc(CCCCCC(N)=O)c1. The number of anilines is 1. The number of carbonyl (C=O) groups is 4. The van der Waals surface area contributed by atoms with E-state index in [1.165, 1.54) is 6.92 Å². The summed E-state index contributed by atoms with van der Waals surface area (Å²) >= 11 is 6.14. The molecule has 1 rings (SSSR count). The summed E-state index contributed by atoms with van der Waals surface area (Å²) in [5, 5.41) is 5.70. The molecule has 0 aliphatic carbocycles. The average molecular weight is 411 g/mol. The smallest absolute Gasteiger partial charge is 0.246 e. The number of benzene rings is 1. The van der Waals surface area contributed by atoms with E-state index in [9.17, 15) is 19.2 Å². The molecule has 0 saturated heterocycles. The Hall–Kier alpha value is -2.61. The van der Waals surface area contributed by atoms with Gasteiger partial charge in [0, 0.05) is 30.5 Å². The third-order valence-electron chi connectivity index (χ3n) is 3.99. The van der Waals surface area contributed by atoms with E-state index in [2.05, 4.69) is 10.6 Å². The molecule has 28 heavy (non-hydrogen) atoms. The minimum Gasteiger partial charge on any atom is -0.370 e. The molecule has 0 unspecified atom stereocenters. The van der Waals surface area contributed by atoms with Crippen molar-refractivity contribution in [1.82, 2.24) is 5.32 Å². The highest BCUT2D eigenvalue weighted by atomic mass is 35.5. The van der Waals surface area contributed by atoms with Gasteiger partial charge < -0.3 is 22.1 Å². The maximum atomic E-state index is 12.5. The van der Waals surface area contributed by atoms with Gasteiger partial charge in [0.25, 0.3) is 0 Å². The predicted molar refractivity (Wildman–Crippen MR) is 107 cm³/mol. The number of unbranched alkanes of at least 4 members (excludes halogenated alkanes) is 2. The Morgan fingerprint density at radius 1 is 1.00 bits per heavy atom. The monoisotopic (exact) mass is 410 g/mol. The van der Waals surface area contributed by atoms with E-state index in [-0.39, 0.29) is 24.7 Å². The fraction of sp³-hybridized carbons (Fsp3) is 0.474. The summed E-state index contributed by atoms with van der Waals surface area (Å²) in [6.45, 7) is 1.29. The van der Waals surface area contributed by atoms with Gasteiger partial charge in [0.1, 0.15) is 6.04 Å². The zero-order valence-electron chi connectivity index (χ0n) is 15.9. The standard InChI is InChI=1S/C19H27ClN4O4/c1-12(25)23-16(7-8-18(22)27)19(28)24-15-10-13(9-14(20)11-15)5-3-2-4-6-17(21)26/h9-11,16H,2-8H2,1H3,(H2,21,26)(H2,22,27)(H,23,25)(H,24,28)/t16-/m0/s1. The Kier molecular flexibility index (Phi) is 10.0. The largest absolute Gasteiger partial charge is 0.370 e. The number of hydrogen-bond acceptors (Lipinski definition) is 4. The Balaban J connectivity index is 2.70. The lowest BCUT2D eigenvalue weighted by Gasteiger charge is -2.17. The summed E-state index contributed by atoms with van der Waals surface area (Å²) in [7, 11) is 0. The molecule has 154 valence electrons. The third-order valence-corrected chi connectivity index (χ3v) is 4.21. The zero-order valence-corrected chi connectivity index (χ0v) is 16.7. The van der Waals surface area contributed by atoms with Crippen LogP contribution in [-0.4, -0.2) is 29.7 Å². The van der Waals surface area contributed by atoms with Crippen LogP contribution in [0.2, 0.25) is 5.02 Å². The number of carbonyl (C=O) groups excluding carboxylic acids is 4. The van der Waals surface area contributed by atoms with Crippen LogP contribution in [0.25, 0.3) is 0 Å². The van der Waals surface area contributed by atoms with E-state index in [1.54, 1.807) is 12.1 Å². The number of aryl methyl sites for hydroxylation is 1. The fourth-order valence-electron chi connectivity index (χ4n) is 2.70. The molecule has 6 N–H and O–H groups in total. The van der Waals surface area contributed by atoms with Gasteiger partial charge in [-0.15, -0.1) is 0 Å². The minimum absolute atomic E-state index is 0.0233. The second-order valence-corrected chi connectivity index (χ2v) is 7.06. The summed E-state index contributed by atoms with van der Waals surface area (Å²) in [4.78, 5) is 45.5. The summed E-state index contributed by atoms with van der Waals surface area (Å²) in [5.74, 6) is -1.69. The molecule has 4 amide bonds. The molecule has 0 spiro atoms. The number of nitrogens with two attached hydrogens (primary N) is 2. The number of halogens is 1. The summed E-state index contributed by atoms with van der Waals surface area (Å²) in [6.07, 6.45) is 3.63. The first-order chi connectivity index (χ1) is 13.2. The normalized spacial score (nSPS) is 11.5. The molecular formula is C19H27ClN4O4. The molecule has 0 aliphatic rings. The Morgan fingerprint density at radius 3 is 2.29 bits per heavy atom. The quantitative estimate of drug-likeness (QED) is 0.388. The van der Waals surface area contributed by atoms with Crippen LogP contribution in [0, 0.1) is 0 Å². The van der Waals surface area contributed by atoms with Crippen LogP contribution >= 0.6 is 11.6 Å². The third kappa shape index (κ3) is 9.91. The van der Waals surface area contributed by atoms with E-state index in [0.29, 0.717) is 17.1 Å². The van der Waals surface area contributed by atoms with Gasteiger partial charge >= 0.3 is 0 Å². The molecule has 0 radical (unpaired) electrons. The first-order valence-electron chi connectivity index (χ1n) is 9.11. The van der Waals surface area contributed by atoms with Crippen molar-refractivity contribution in [1.29, 1.82) is 0 Å². The van der Waals surface area contributed by atoms with E-state index < -0.39 is 17.9 Å². The van der Waals surface area contributed by atoms with Crippen molar-refractivity contribution in [3.05, 3.63) is 28.8 Å². The van der Waals surface area contributed by atoms with Crippen molar-refractivity contribution in [2.45, 2.75) is 57.9 Å². The molecule has 1 aromatic rings. The van der Waals surface area contributed by atoms with Gasteiger partial charge in [-0.3, -0.25) is 19.2 Å². The molecule has 1 aromatic carbocycles. The van der Waals surface area contributed by atoms with Gasteiger partial charge in [-0.2, -0.15) is 0 Å². The molecule has 0 aliphatic heterocycles. The second-order valence-electron chi connectivity index (χ2n) is 6.62. The van der Waals surface area contributed by atoms with Crippen LogP contribution < -0.4 is 22.1 Å². The molecule has 0 aromatic heterocycles. The molecule has 8 nitrogen and oxygen atoms in total. The van der Waals surface area contributed by atoms with Gasteiger partial charge in [-0.1, -0.05) is 18.0 Å². The van der Waals surface area contributed by atoms with Crippen LogP contribution in [-0.2, 0) is 25.6 Å². The number of hydrogen-bond donors (Lipinski definition) is 4. The highest BCUT2D eigenvalue weighted by Crippen LogP contribution is 2.21. The lowest BCUT2D eigenvalue weighted by Crippen LogP contribution is -2.43. The van der Waals surface area contributed by atoms with Crippen molar-refractivity contribution in [3.63, 3.8) is 0 Å². The van der Waals surface area contributed by atoms with Gasteiger partial charge in [0.05, 0.1) is 0 Å². The van der Waals surface area contributed by atoms with Crippen LogP contribution in [0.3, 0.4) is 0 Å². The van der Waals surface area contributed by atoms with Crippen molar-refractivity contribution in [2.24, 2.45) is 11.5 Å². The van der Waals surface area contributed by atoms with Crippen molar-refractivity contribution < 1.29 is 19.2 Å². The van der Waals surface area contributed by atoms with E-state index in [1.807, 2.05) is 6.07 Å². The Bertz CT molecular complexity index is 724. The number of primary amides is 2. The molecular weight excluding hydrogens is 384 g/mol. The van der Waals surface area contributed by atoms with Gasteiger partial charge in [-0.25, -0.2) is 0 Å². The van der Waals surface area contributed by atoms with Crippen LogP contribution in [0.4, 0.5) is 5.69 Å². The maximum absolute atomic E-state index is 12.5. The second kappa shape index (κ2) is 12.0. The number of amides is 4. The fourth-order valence-corrected chi connectivity index (χ4v) is 2.96. The van der Waals surface area contributed by atoms with Crippen LogP contribution in [0.15, 0.2) is 18.2 Å². The lowest BCUT2D eigenvalue weighted by molar-refractivity contribution is -0.126. The van der Waals surface area contributed by atoms with E-state index in [4.69, 9.17) is 23.1 Å². The Morgan fingerprint density at radius 2 is 1.68 bits per heavy atom. The maximum Gasteiger partial charge on any atom is 0.246 e. The van der Waals surface area contributed by atoms with Crippen LogP contribution in [0.5, 0.6) is 0 Å². The molecule has 0 fully saturated rings. The highest BCUT2D eigenvalue weighted by molar-refractivity contribution is 6.31. The van der Waals surface area contributed by atoms with E-state index in [0.717, 1.165) is 31.2 Å². The Labute approximate surface area is 169 Å². The first-order valence-corrected chi connectivity index (χ1v) is 9.49. The first kappa shape index (κ1) is 23.4. The number of nitrogens with one attached hydrogen (secondary N) is 2. The van der Waals surface area contributed by atoms with E-state index >= 15 is 0 Å². The average Bonchev–Trinajstić information content (AvgIpc) is 2.57. The van der Waals surface area contributed by atoms with Crippen molar-refractivity contribution in [2.75, 3.05) is 5.32 Å². The van der Waals surface area contributed by atoms with Crippen LogP contribution in [0.1, 0.15) is 51.0 Å². The summed E-state index contributed by atoms with van der Waals surface area (Å²) in [5.41, 5.74) is 11.7. The molecule has 0 saturated carbocycles. The molecule has 0 heterocycles. The minimum atomic E-state index is -0.874. The number of rotatable bonds is 12. The predicted octanol–water partition coefficient (Wildman–Crippen LogP) is 1.64. The highest BCUT2D eigenvalue weighted by Gasteiger charge is 2.20. The summed E-state index contributed by atoms with van der Waals surface area (Å²) < 4.78 is 0. The molecule has 1 atom stereocenters. The van der Waals surface area contributed by atoms with Crippen molar-refractivity contribution in [3.8, 4) is 0 Å². The van der Waals surface area contributed by atoms with Gasteiger partial charge in [0.15, 0.2) is 0 Å². The molecule has 9 heteroatoms. The van der Waals surface area contributed by atoms with Gasteiger partial charge in [0.2, 0.25) is 23.6 Å². The zero-order chi connectivity index (χ0) is 21.1. The molecule has 0 bridgehead atoms. The lowest BCUT2D eigenvalue weighted by atomic mass is 10.0. The van der Waals surface area contributed by atoms with Gasteiger partial charge in [-0.05, 0) is 49.4 Å². The summed E-state index contributed by atoms with van der Waals surface area (Å²) in [6, 6.07) is 4.34. The van der Waals surface area contributed by atoms with Crippen molar-refractivity contribution >= 4 is 40.9 Å². The topological polar surface area (TPSA) is 144 Å².